The lowest BCUT2D eigenvalue weighted by atomic mass is 10.0. The highest BCUT2D eigenvalue weighted by atomic mass is 19.4. The van der Waals surface area contributed by atoms with E-state index in [1.807, 2.05) is 4.90 Å². The van der Waals surface area contributed by atoms with Gasteiger partial charge in [-0.1, -0.05) is 13.5 Å². The maximum Gasteiger partial charge on any atom is 0.423 e. The fourth-order valence-electron chi connectivity index (χ4n) is 5.05. The van der Waals surface area contributed by atoms with Crippen molar-refractivity contribution in [2.24, 2.45) is 0 Å². The smallest absolute Gasteiger partial charge is 0.382 e. The van der Waals surface area contributed by atoms with Crippen LogP contribution in [0.2, 0.25) is 0 Å². The number of alkyl halides is 6. The van der Waals surface area contributed by atoms with Gasteiger partial charge in [-0.15, -0.1) is 0 Å². The predicted molar refractivity (Wildman–Crippen MR) is 143 cm³/mol. The highest BCUT2D eigenvalue weighted by Gasteiger charge is 2.38. The van der Waals surface area contributed by atoms with Gasteiger partial charge in [-0.25, -0.2) is 0 Å². The van der Waals surface area contributed by atoms with Crippen molar-refractivity contribution in [1.29, 1.82) is 0 Å². The summed E-state index contributed by atoms with van der Waals surface area (Å²) in [5.74, 6) is -0.0329. The van der Waals surface area contributed by atoms with E-state index in [4.69, 9.17) is 0 Å². The van der Waals surface area contributed by atoms with E-state index >= 15 is 0 Å². The van der Waals surface area contributed by atoms with Gasteiger partial charge in [0.2, 0.25) is 5.91 Å². The van der Waals surface area contributed by atoms with E-state index in [1.54, 1.807) is 11.0 Å². The van der Waals surface area contributed by atoms with Crippen molar-refractivity contribution >= 4 is 23.0 Å². The Bertz CT molecular complexity index is 1210. The maximum atomic E-state index is 13.2. The number of benzene rings is 2. The Morgan fingerprint density at radius 1 is 0.927 bits per heavy atom. The van der Waals surface area contributed by atoms with Crippen molar-refractivity contribution < 1.29 is 36.1 Å². The first-order valence-electron chi connectivity index (χ1n) is 12.9. The molecule has 2 heterocycles. The number of anilines is 2. The van der Waals surface area contributed by atoms with Crippen LogP contribution < -0.4 is 10.2 Å². The molecule has 2 aliphatic heterocycles. The minimum atomic E-state index is -4.85. The van der Waals surface area contributed by atoms with Gasteiger partial charge in [0, 0.05) is 75.7 Å². The number of nitro groups is 1. The summed E-state index contributed by atoms with van der Waals surface area (Å²) in [7, 11) is 0. The molecule has 8 nitrogen and oxygen atoms in total. The highest BCUT2D eigenvalue weighted by Crippen LogP contribution is 2.38. The molecule has 0 saturated carbocycles. The number of rotatable bonds is 7. The molecule has 4 rings (SSSR count). The fourth-order valence-corrected chi connectivity index (χ4v) is 5.05. The van der Waals surface area contributed by atoms with E-state index in [1.165, 1.54) is 12.1 Å². The van der Waals surface area contributed by atoms with E-state index < -0.39 is 34.1 Å². The standard InChI is InChI=1S/C26H29F6N5O3.CH4/c27-25(28,29)18-2-1-3-21(16-18)35-12-14-36(15-13-35)24(38)8-11-34-9-6-19(7-10-34)33-20-4-5-23(37(39)40)22(17-20)26(30,31)32;/h1-5,16-17,19,33H,6-15H2;1H4. The first-order valence-corrected chi connectivity index (χ1v) is 12.9. The monoisotopic (exact) mass is 589 g/mol. The lowest BCUT2D eigenvalue weighted by Crippen LogP contribution is -2.49. The van der Waals surface area contributed by atoms with Crippen molar-refractivity contribution in [3.63, 3.8) is 0 Å². The van der Waals surface area contributed by atoms with Crippen LogP contribution in [-0.2, 0) is 17.1 Å². The molecule has 0 aromatic heterocycles. The molecule has 2 saturated heterocycles. The Hall–Kier alpha value is -3.55. The van der Waals surface area contributed by atoms with Crippen LogP contribution in [0, 0.1) is 10.1 Å². The van der Waals surface area contributed by atoms with Crippen LogP contribution in [0.5, 0.6) is 0 Å². The van der Waals surface area contributed by atoms with Crippen molar-refractivity contribution in [3.8, 4) is 0 Å². The van der Waals surface area contributed by atoms with Crippen LogP contribution in [0.3, 0.4) is 0 Å². The summed E-state index contributed by atoms with van der Waals surface area (Å²) in [6.45, 7) is 3.48. The highest BCUT2D eigenvalue weighted by molar-refractivity contribution is 5.76. The number of nitrogens with one attached hydrogen (secondary N) is 1. The molecule has 0 unspecified atom stereocenters. The lowest BCUT2D eigenvalue weighted by molar-refractivity contribution is -0.388. The van der Waals surface area contributed by atoms with Crippen LogP contribution in [-0.4, -0.2) is 72.5 Å². The van der Waals surface area contributed by atoms with E-state index in [-0.39, 0.29) is 25.1 Å². The van der Waals surface area contributed by atoms with Crippen LogP contribution >= 0.6 is 0 Å². The molecule has 2 aromatic rings. The number of hydrogen-bond acceptors (Lipinski definition) is 6. The summed E-state index contributed by atoms with van der Waals surface area (Å²) in [5.41, 5.74) is -2.36. The summed E-state index contributed by atoms with van der Waals surface area (Å²) in [6, 6.07) is 7.92. The molecule has 2 aliphatic rings. The van der Waals surface area contributed by atoms with Gasteiger partial charge in [0.05, 0.1) is 10.5 Å². The number of likely N-dealkylation sites (tertiary alicyclic amines) is 1. The number of piperidine rings is 1. The third-order valence-electron chi connectivity index (χ3n) is 7.27. The zero-order valence-corrected chi connectivity index (χ0v) is 21.5. The minimum absolute atomic E-state index is 0. The van der Waals surface area contributed by atoms with Gasteiger partial charge < -0.3 is 20.0 Å². The molecule has 0 aliphatic carbocycles. The molecular formula is C27H33F6N5O3. The Balaban J connectivity index is 0.00000462. The molecule has 41 heavy (non-hydrogen) atoms. The molecule has 1 N–H and O–H groups in total. The number of amides is 1. The molecule has 2 fully saturated rings. The lowest BCUT2D eigenvalue weighted by Gasteiger charge is -2.37. The second kappa shape index (κ2) is 13.0. The molecule has 0 spiro atoms. The second-order valence-corrected chi connectivity index (χ2v) is 9.91. The first-order chi connectivity index (χ1) is 18.8. The number of hydrogen-bond donors (Lipinski definition) is 1. The van der Waals surface area contributed by atoms with Crippen LogP contribution in [0.25, 0.3) is 0 Å². The van der Waals surface area contributed by atoms with E-state index in [9.17, 15) is 41.3 Å². The van der Waals surface area contributed by atoms with Crippen LogP contribution in [0.15, 0.2) is 42.5 Å². The summed E-state index contributed by atoms with van der Waals surface area (Å²) >= 11 is 0. The molecule has 0 bridgehead atoms. The summed E-state index contributed by atoms with van der Waals surface area (Å²) in [6.07, 6.45) is -7.72. The normalized spacial score (nSPS) is 17.2. The van der Waals surface area contributed by atoms with Crippen LogP contribution in [0.1, 0.15) is 37.8 Å². The zero-order valence-electron chi connectivity index (χ0n) is 21.5. The second-order valence-electron chi connectivity index (χ2n) is 9.91. The number of halogens is 6. The maximum absolute atomic E-state index is 13.2. The molecular weight excluding hydrogens is 556 g/mol. The van der Waals surface area contributed by atoms with Gasteiger partial charge in [0.25, 0.3) is 5.69 Å². The number of nitrogens with zero attached hydrogens (tertiary/aromatic N) is 4. The van der Waals surface area contributed by atoms with Gasteiger partial charge in [0.15, 0.2) is 0 Å². The van der Waals surface area contributed by atoms with E-state index in [0.29, 0.717) is 70.8 Å². The van der Waals surface area contributed by atoms with Crippen LogP contribution in [0.4, 0.5) is 43.4 Å². The largest absolute Gasteiger partial charge is 0.423 e. The van der Waals surface area contributed by atoms with Crippen molar-refractivity contribution in [1.82, 2.24) is 9.80 Å². The number of nitro benzene ring substituents is 1. The number of piperazine rings is 1. The third-order valence-corrected chi connectivity index (χ3v) is 7.27. The summed E-state index contributed by atoms with van der Waals surface area (Å²) in [5, 5.41) is 14.0. The van der Waals surface area contributed by atoms with Crippen molar-refractivity contribution in [2.45, 2.75) is 45.1 Å². The quantitative estimate of drug-likeness (QED) is 0.247. The van der Waals surface area contributed by atoms with Gasteiger partial charge in [0.1, 0.15) is 5.56 Å². The predicted octanol–water partition coefficient (Wildman–Crippen LogP) is 5.88. The fraction of sp³-hybridized carbons (Fsp3) is 0.519. The molecule has 0 atom stereocenters. The molecule has 226 valence electrons. The summed E-state index contributed by atoms with van der Waals surface area (Å²) < 4.78 is 78.8. The summed E-state index contributed by atoms with van der Waals surface area (Å²) in [4.78, 5) is 28.3. The average Bonchev–Trinajstić information content (AvgIpc) is 2.91. The van der Waals surface area contributed by atoms with Gasteiger partial charge in [-0.3, -0.25) is 14.9 Å². The number of carbonyl (C=O) groups excluding carboxylic acids is 1. The SMILES string of the molecule is C.O=C(CCN1CCC(Nc2ccc([N+](=O)[O-])c(C(F)(F)F)c2)CC1)N1CCN(c2cccc(C(F)(F)F)c2)CC1. The molecule has 14 heteroatoms. The topological polar surface area (TPSA) is 82.0 Å². The average molecular weight is 590 g/mol. The number of carbonyl (C=O) groups is 1. The van der Waals surface area contributed by atoms with E-state index in [2.05, 4.69) is 10.2 Å². The van der Waals surface area contributed by atoms with Crippen molar-refractivity contribution in [2.75, 3.05) is 56.0 Å². The Kier molecular flexibility index (Phi) is 10.1. The van der Waals surface area contributed by atoms with Crippen molar-refractivity contribution in [3.05, 3.63) is 63.7 Å². The van der Waals surface area contributed by atoms with Gasteiger partial charge in [-0.2, -0.15) is 26.3 Å². The molecule has 1 amide bonds. The van der Waals surface area contributed by atoms with Gasteiger partial charge >= 0.3 is 12.4 Å². The Morgan fingerprint density at radius 2 is 1.59 bits per heavy atom. The van der Waals surface area contributed by atoms with E-state index in [0.717, 1.165) is 24.3 Å². The zero-order chi connectivity index (χ0) is 29.1. The molecule has 2 aromatic carbocycles. The Morgan fingerprint density at radius 3 is 2.17 bits per heavy atom. The Labute approximate surface area is 234 Å². The van der Waals surface area contributed by atoms with Gasteiger partial charge in [-0.05, 0) is 43.2 Å². The molecule has 0 radical (unpaired) electrons. The minimum Gasteiger partial charge on any atom is -0.382 e. The third kappa shape index (κ3) is 8.24. The first kappa shape index (κ1) is 32.0.